The van der Waals surface area contributed by atoms with Gasteiger partial charge in [-0.1, -0.05) is 26.2 Å². The molecule has 4 nitrogen and oxygen atoms in total. The second-order valence-electron chi connectivity index (χ2n) is 5.30. The lowest BCUT2D eigenvalue weighted by atomic mass is 10.1. The van der Waals surface area contributed by atoms with Gasteiger partial charge in [-0.25, -0.2) is 4.98 Å². The Bertz CT molecular complexity index is 555. The first kappa shape index (κ1) is 16.0. The average molecular weight is 307 g/mol. The zero-order valence-electron chi connectivity index (χ0n) is 13.2. The highest BCUT2D eigenvalue weighted by molar-refractivity contribution is 7.16. The quantitative estimate of drug-likeness (QED) is 0.672. The predicted molar refractivity (Wildman–Crippen MR) is 90.4 cm³/mol. The molecule has 0 fully saturated rings. The van der Waals surface area contributed by atoms with E-state index < -0.39 is 0 Å². The van der Waals surface area contributed by atoms with E-state index in [1.54, 1.807) is 11.3 Å². The van der Waals surface area contributed by atoms with Crippen molar-refractivity contribution < 1.29 is 4.74 Å². The van der Waals surface area contributed by atoms with Gasteiger partial charge in [0.05, 0.1) is 11.5 Å². The van der Waals surface area contributed by atoms with Gasteiger partial charge in [0.25, 0.3) is 0 Å². The van der Waals surface area contributed by atoms with E-state index in [0.717, 1.165) is 23.2 Å². The average Bonchev–Trinajstić information content (AvgIpc) is 2.92. The SMILES string of the molecule is CCCCCCC(C)Oc1nc(NCC)nc2sccc12. The van der Waals surface area contributed by atoms with Crippen LogP contribution in [0.2, 0.25) is 0 Å². The summed E-state index contributed by atoms with van der Waals surface area (Å²) in [6.45, 7) is 7.21. The number of nitrogens with zero attached hydrogens (tertiary/aromatic N) is 2. The molecular formula is C16H25N3OS. The minimum absolute atomic E-state index is 0.189. The second-order valence-corrected chi connectivity index (χ2v) is 6.19. The molecule has 0 bridgehead atoms. The summed E-state index contributed by atoms with van der Waals surface area (Å²) in [5.74, 6) is 1.36. The summed E-state index contributed by atoms with van der Waals surface area (Å²) < 4.78 is 6.07. The van der Waals surface area contributed by atoms with Gasteiger partial charge in [-0.15, -0.1) is 11.3 Å². The van der Waals surface area contributed by atoms with Crippen LogP contribution in [0.3, 0.4) is 0 Å². The monoisotopic (exact) mass is 307 g/mol. The van der Waals surface area contributed by atoms with Crippen molar-refractivity contribution in [1.82, 2.24) is 9.97 Å². The Balaban J connectivity index is 2.04. The van der Waals surface area contributed by atoms with E-state index in [9.17, 15) is 0 Å². The molecule has 0 saturated carbocycles. The molecular weight excluding hydrogens is 282 g/mol. The van der Waals surface area contributed by atoms with Crippen LogP contribution in [-0.4, -0.2) is 22.6 Å². The van der Waals surface area contributed by atoms with Gasteiger partial charge in [0.1, 0.15) is 4.83 Å². The summed E-state index contributed by atoms with van der Waals surface area (Å²) in [6, 6.07) is 2.04. The fourth-order valence-electron chi connectivity index (χ4n) is 2.26. The minimum atomic E-state index is 0.189. The highest BCUT2D eigenvalue weighted by Crippen LogP contribution is 2.29. The number of anilines is 1. The fourth-order valence-corrected chi connectivity index (χ4v) is 3.02. The highest BCUT2D eigenvalue weighted by atomic mass is 32.1. The molecule has 1 N–H and O–H groups in total. The van der Waals surface area contributed by atoms with Crippen molar-refractivity contribution in [2.75, 3.05) is 11.9 Å². The predicted octanol–water partition coefficient (Wildman–Crippen LogP) is 4.86. The normalized spacial score (nSPS) is 12.5. The molecule has 5 heteroatoms. The van der Waals surface area contributed by atoms with Crippen molar-refractivity contribution in [3.63, 3.8) is 0 Å². The van der Waals surface area contributed by atoms with E-state index in [2.05, 4.69) is 29.1 Å². The number of rotatable bonds is 9. The van der Waals surface area contributed by atoms with Crippen molar-refractivity contribution in [3.8, 4) is 5.88 Å². The molecule has 0 amide bonds. The van der Waals surface area contributed by atoms with E-state index >= 15 is 0 Å². The van der Waals surface area contributed by atoms with E-state index in [1.807, 2.05) is 18.4 Å². The van der Waals surface area contributed by atoms with Gasteiger partial charge in [0, 0.05) is 6.54 Å². The van der Waals surface area contributed by atoms with Crippen LogP contribution in [0, 0.1) is 0 Å². The topological polar surface area (TPSA) is 47.0 Å². The molecule has 1 unspecified atom stereocenters. The molecule has 0 aliphatic rings. The zero-order valence-corrected chi connectivity index (χ0v) is 14.0. The molecule has 2 heterocycles. The van der Waals surface area contributed by atoms with Crippen molar-refractivity contribution >= 4 is 27.5 Å². The summed E-state index contributed by atoms with van der Waals surface area (Å²) in [4.78, 5) is 9.99. The molecule has 0 spiro atoms. The first-order chi connectivity index (χ1) is 10.2. The lowest BCUT2D eigenvalue weighted by Crippen LogP contribution is -2.13. The maximum atomic E-state index is 6.07. The molecule has 0 radical (unpaired) electrons. The molecule has 116 valence electrons. The third kappa shape index (κ3) is 4.56. The molecule has 0 aliphatic heterocycles. The van der Waals surface area contributed by atoms with Crippen LogP contribution in [0.4, 0.5) is 5.95 Å². The Hall–Kier alpha value is -1.36. The molecule has 1 atom stereocenters. The first-order valence-electron chi connectivity index (χ1n) is 7.90. The summed E-state index contributed by atoms with van der Waals surface area (Å²) in [7, 11) is 0. The number of ether oxygens (including phenoxy) is 1. The van der Waals surface area contributed by atoms with Gasteiger partial charge >= 0.3 is 0 Å². The summed E-state index contributed by atoms with van der Waals surface area (Å²) in [5, 5.41) is 6.22. The van der Waals surface area contributed by atoms with E-state index in [4.69, 9.17) is 4.74 Å². The van der Waals surface area contributed by atoms with Crippen molar-refractivity contribution in [1.29, 1.82) is 0 Å². The van der Waals surface area contributed by atoms with Crippen LogP contribution in [-0.2, 0) is 0 Å². The Labute approximate surface area is 131 Å². The third-order valence-electron chi connectivity index (χ3n) is 3.40. The van der Waals surface area contributed by atoms with Crippen LogP contribution in [0.15, 0.2) is 11.4 Å². The zero-order chi connectivity index (χ0) is 15.1. The first-order valence-corrected chi connectivity index (χ1v) is 8.78. The van der Waals surface area contributed by atoms with E-state index in [-0.39, 0.29) is 6.10 Å². The Morgan fingerprint density at radius 2 is 2.10 bits per heavy atom. The molecule has 2 aromatic heterocycles. The minimum Gasteiger partial charge on any atom is -0.474 e. The van der Waals surface area contributed by atoms with Gasteiger partial charge in [-0.2, -0.15) is 4.98 Å². The van der Waals surface area contributed by atoms with Gasteiger partial charge in [-0.3, -0.25) is 0 Å². The van der Waals surface area contributed by atoms with Gasteiger partial charge in [0.15, 0.2) is 0 Å². The van der Waals surface area contributed by atoms with Crippen LogP contribution >= 0.6 is 11.3 Å². The number of hydrogen-bond donors (Lipinski definition) is 1. The van der Waals surface area contributed by atoms with E-state index in [0.29, 0.717) is 11.8 Å². The molecule has 21 heavy (non-hydrogen) atoms. The summed E-state index contributed by atoms with van der Waals surface area (Å²) >= 11 is 1.62. The van der Waals surface area contributed by atoms with Crippen molar-refractivity contribution in [2.24, 2.45) is 0 Å². The highest BCUT2D eigenvalue weighted by Gasteiger charge is 2.12. The number of nitrogens with one attached hydrogen (secondary N) is 1. The lowest BCUT2D eigenvalue weighted by molar-refractivity contribution is 0.201. The maximum absolute atomic E-state index is 6.07. The van der Waals surface area contributed by atoms with Gasteiger partial charge in [-0.05, 0) is 38.1 Å². The number of thiophene rings is 1. The summed E-state index contributed by atoms with van der Waals surface area (Å²) in [5.41, 5.74) is 0. The number of unbranched alkanes of at least 4 members (excludes halogenated alkanes) is 3. The van der Waals surface area contributed by atoms with E-state index in [1.165, 1.54) is 25.7 Å². The number of hydrogen-bond acceptors (Lipinski definition) is 5. The molecule has 0 aromatic carbocycles. The standard InChI is InChI=1S/C16H25N3OS/c1-4-6-7-8-9-12(3)20-14-13-10-11-21-15(13)19-16(18-14)17-5-2/h10-12H,4-9H2,1-3H3,(H,17,18,19). The molecule has 0 saturated heterocycles. The molecule has 0 aliphatic carbocycles. The second kappa shape index (κ2) is 8.17. The number of fused-ring (bicyclic) bond motifs is 1. The Morgan fingerprint density at radius 1 is 1.24 bits per heavy atom. The Kier molecular flexibility index (Phi) is 6.23. The van der Waals surface area contributed by atoms with Crippen LogP contribution in [0.5, 0.6) is 5.88 Å². The lowest BCUT2D eigenvalue weighted by Gasteiger charge is -2.15. The van der Waals surface area contributed by atoms with Crippen LogP contribution in [0.1, 0.15) is 52.9 Å². The van der Waals surface area contributed by atoms with Crippen LogP contribution < -0.4 is 10.1 Å². The van der Waals surface area contributed by atoms with Crippen molar-refractivity contribution in [2.45, 2.75) is 59.0 Å². The smallest absolute Gasteiger partial charge is 0.227 e. The summed E-state index contributed by atoms with van der Waals surface area (Å²) in [6.07, 6.45) is 6.33. The molecule has 2 aromatic rings. The maximum Gasteiger partial charge on any atom is 0.227 e. The third-order valence-corrected chi connectivity index (χ3v) is 4.21. The largest absolute Gasteiger partial charge is 0.474 e. The number of aromatic nitrogens is 2. The fraction of sp³-hybridized carbons (Fsp3) is 0.625. The Morgan fingerprint density at radius 3 is 2.86 bits per heavy atom. The van der Waals surface area contributed by atoms with Gasteiger partial charge < -0.3 is 10.1 Å². The van der Waals surface area contributed by atoms with Crippen LogP contribution in [0.25, 0.3) is 10.2 Å². The molecule has 2 rings (SSSR count). The van der Waals surface area contributed by atoms with Crippen molar-refractivity contribution in [3.05, 3.63) is 11.4 Å². The van der Waals surface area contributed by atoms with Gasteiger partial charge in [0.2, 0.25) is 11.8 Å².